The zero-order valence-electron chi connectivity index (χ0n) is 48.4. The van der Waals surface area contributed by atoms with Gasteiger partial charge in [-0.3, -0.25) is 0 Å². The van der Waals surface area contributed by atoms with Crippen LogP contribution in [0.5, 0.6) is 0 Å². The number of halogens is 4. The standard InChI is InChI=1S/C84H48B2F4/c87-73-35-17-36-74(88)79(73)69-47-71(85(81-57-27-9-1-19-49(57)43-50-20-2-10-28-58(50)81)82-59-29-11-3-21-51(59)44-52-22-4-12-30-60(52)82)67-41-39-66-70(80-75(89)37-18-38-76(80)90)48-72(68-42-40-65(69)77(67)78(66)68)86(83-61-31-13-5-23-53(61)45-54-24-6-14-32-62(54)83)84-63-33-15-7-25-55(63)46-56-26-8-16-34-64(56)84/h1-48H. The molecule has 0 fully saturated rings. The molecule has 418 valence electrons. The third-order valence-corrected chi connectivity index (χ3v) is 19.5. The molecule has 0 spiro atoms. The Kier molecular flexibility index (Phi) is 11.7. The van der Waals surface area contributed by atoms with Crippen molar-refractivity contribution in [1.82, 2.24) is 0 Å². The van der Waals surface area contributed by atoms with E-state index in [1.165, 1.54) is 36.4 Å². The number of hydrogen-bond acceptors (Lipinski definition) is 0. The normalized spacial score (nSPS) is 12.0. The van der Waals surface area contributed by atoms with E-state index in [2.05, 4.69) is 231 Å². The SMILES string of the molecule is Fc1cccc(F)c1-c1cc(B(c2c3ccccc3cc3ccccc23)c2c3ccccc3cc3ccccc23)c2ccc3c(-c4c(F)cccc4F)cc(B(c4c5ccccc5cc5ccccc45)c4c5ccccc5cc5ccccc45)c4ccc1c2c43. The van der Waals surface area contributed by atoms with Gasteiger partial charge in [0.05, 0.1) is 11.1 Å². The summed E-state index contributed by atoms with van der Waals surface area (Å²) >= 11 is 0. The van der Waals surface area contributed by atoms with Gasteiger partial charge in [0.25, 0.3) is 0 Å². The average molecular weight is 1150 g/mol. The lowest BCUT2D eigenvalue weighted by Gasteiger charge is -2.29. The monoisotopic (exact) mass is 1150 g/mol. The largest absolute Gasteiger partial charge is 0.245 e. The van der Waals surface area contributed by atoms with Gasteiger partial charge in [0.1, 0.15) is 23.3 Å². The molecule has 0 aliphatic carbocycles. The van der Waals surface area contributed by atoms with Gasteiger partial charge in [0.2, 0.25) is 13.4 Å². The molecule has 18 rings (SSSR count). The van der Waals surface area contributed by atoms with Gasteiger partial charge in [0, 0.05) is 0 Å². The van der Waals surface area contributed by atoms with Crippen LogP contribution in [0, 0.1) is 23.3 Å². The molecule has 0 atom stereocenters. The Morgan fingerprint density at radius 2 is 0.400 bits per heavy atom. The van der Waals surface area contributed by atoms with Crippen molar-refractivity contribution in [3.05, 3.63) is 314 Å². The third kappa shape index (κ3) is 7.77. The molecule has 0 aromatic heterocycles. The first-order valence-electron chi connectivity index (χ1n) is 30.6. The molecule has 0 unspecified atom stereocenters. The van der Waals surface area contributed by atoms with Gasteiger partial charge in [-0.2, -0.15) is 0 Å². The Morgan fingerprint density at radius 1 is 0.189 bits per heavy atom. The van der Waals surface area contributed by atoms with Gasteiger partial charge in [-0.05, 0) is 178 Å². The molecule has 0 nitrogen and oxygen atoms in total. The number of hydrogen-bond donors (Lipinski definition) is 0. The second kappa shape index (κ2) is 20.2. The van der Waals surface area contributed by atoms with Crippen molar-refractivity contribution in [1.29, 1.82) is 0 Å². The van der Waals surface area contributed by atoms with Crippen LogP contribution in [0.25, 0.3) is 141 Å². The van der Waals surface area contributed by atoms with E-state index in [0.29, 0.717) is 21.9 Å². The third-order valence-electron chi connectivity index (χ3n) is 19.5. The Balaban J connectivity index is 1.10. The summed E-state index contributed by atoms with van der Waals surface area (Å²) in [6, 6.07) is 97.6. The van der Waals surface area contributed by atoms with E-state index in [-0.39, 0.29) is 11.1 Å². The predicted octanol–water partition coefficient (Wildman–Crippen LogP) is 18.7. The highest BCUT2D eigenvalue weighted by molar-refractivity contribution is 7.03. The summed E-state index contributed by atoms with van der Waals surface area (Å²) in [5, 5.41) is 21.0. The van der Waals surface area contributed by atoms with Crippen molar-refractivity contribution >= 4 is 165 Å². The van der Waals surface area contributed by atoms with E-state index in [4.69, 9.17) is 0 Å². The summed E-state index contributed by atoms with van der Waals surface area (Å²) in [7, 11) is 0. The van der Waals surface area contributed by atoms with E-state index in [1.807, 2.05) is 24.3 Å². The minimum absolute atomic E-state index is 0.163. The van der Waals surface area contributed by atoms with Gasteiger partial charge in [-0.25, -0.2) is 17.6 Å². The Hall–Kier alpha value is -11.1. The van der Waals surface area contributed by atoms with Crippen molar-refractivity contribution in [3.8, 4) is 22.3 Å². The van der Waals surface area contributed by atoms with Gasteiger partial charge in [0.15, 0.2) is 0 Å². The Bertz CT molecular complexity index is 5210. The Morgan fingerprint density at radius 3 is 0.633 bits per heavy atom. The van der Waals surface area contributed by atoms with Crippen LogP contribution in [-0.4, -0.2) is 13.4 Å². The fourth-order valence-electron chi connectivity index (χ4n) is 15.8. The first kappa shape index (κ1) is 52.1. The zero-order valence-corrected chi connectivity index (χ0v) is 48.4. The van der Waals surface area contributed by atoms with Crippen molar-refractivity contribution in [2.45, 2.75) is 0 Å². The van der Waals surface area contributed by atoms with Crippen LogP contribution in [0.1, 0.15) is 0 Å². The van der Waals surface area contributed by atoms with E-state index in [0.717, 1.165) is 141 Å². The first-order chi connectivity index (χ1) is 44.3. The van der Waals surface area contributed by atoms with Crippen LogP contribution in [0.2, 0.25) is 0 Å². The quantitative estimate of drug-likeness (QED) is 0.0616. The fraction of sp³-hybridized carbons (Fsp3) is 0. The predicted molar refractivity (Wildman–Crippen MR) is 376 cm³/mol. The summed E-state index contributed by atoms with van der Waals surface area (Å²) < 4.78 is 69.9. The summed E-state index contributed by atoms with van der Waals surface area (Å²) in [5.74, 6) is -2.84. The highest BCUT2D eigenvalue weighted by Crippen LogP contribution is 2.45. The molecule has 0 bridgehead atoms. The van der Waals surface area contributed by atoms with Crippen LogP contribution >= 0.6 is 0 Å². The molecule has 0 amide bonds. The molecule has 0 radical (unpaired) electrons. The molecule has 18 aromatic carbocycles. The van der Waals surface area contributed by atoms with Crippen LogP contribution < -0.4 is 32.8 Å². The summed E-state index contributed by atoms with van der Waals surface area (Å²) in [6.07, 6.45) is 0. The van der Waals surface area contributed by atoms with E-state index in [9.17, 15) is 0 Å². The topological polar surface area (TPSA) is 0 Å². The van der Waals surface area contributed by atoms with Crippen molar-refractivity contribution in [2.75, 3.05) is 0 Å². The molecule has 6 heteroatoms. The minimum atomic E-state index is -0.709. The van der Waals surface area contributed by atoms with Crippen LogP contribution in [0.4, 0.5) is 17.6 Å². The molecule has 0 heterocycles. The summed E-state index contributed by atoms with van der Waals surface area (Å²) in [4.78, 5) is 0. The van der Waals surface area contributed by atoms with Gasteiger partial charge in [-0.1, -0.05) is 275 Å². The average Bonchev–Trinajstić information content (AvgIpc) is 0.704. The molecule has 0 saturated heterocycles. The molecule has 0 aliphatic rings. The molecule has 0 aliphatic heterocycles. The fourth-order valence-corrected chi connectivity index (χ4v) is 15.8. The molecule has 0 N–H and O–H groups in total. The number of rotatable bonds is 8. The Labute approximate surface area is 516 Å². The lowest BCUT2D eigenvalue weighted by Crippen LogP contribution is -2.54. The van der Waals surface area contributed by atoms with Gasteiger partial charge < -0.3 is 0 Å². The maximum Gasteiger partial charge on any atom is 0.245 e. The smallest absolute Gasteiger partial charge is 0.206 e. The zero-order chi connectivity index (χ0) is 59.9. The van der Waals surface area contributed by atoms with Gasteiger partial charge in [-0.15, -0.1) is 0 Å². The van der Waals surface area contributed by atoms with Crippen molar-refractivity contribution in [2.24, 2.45) is 0 Å². The van der Waals surface area contributed by atoms with Crippen LogP contribution in [0.15, 0.2) is 291 Å². The maximum absolute atomic E-state index is 17.5. The number of benzene rings is 18. The number of fused-ring (bicyclic) bond motifs is 8. The van der Waals surface area contributed by atoms with E-state index >= 15 is 17.6 Å². The molecule has 0 saturated carbocycles. The van der Waals surface area contributed by atoms with Crippen LogP contribution in [0.3, 0.4) is 0 Å². The highest BCUT2D eigenvalue weighted by atomic mass is 19.1. The summed E-state index contributed by atoms with van der Waals surface area (Å²) in [6.45, 7) is -1.20. The first-order valence-corrected chi connectivity index (χ1v) is 30.6. The van der Waals surface area contributed by atoms with Gasteiger partial charge >= 0.3 is 0 Å². The molecule has 90 heavy (non-hydrogen) atoms. The van der Waals surface area contributed by atoms with E-state index < -0.39 is 36.7 Å². The van der Waals surface area contributed by atoms with Crippen molar-refractivity contribution < 1.29 is 17.6 Å². The second-order valence-electron chi connectivity index (χ2n) is 24.1. The minimum Gasteiger partial charge on any atom is -0.206 e. The van der Waals surface area contributed by atoms with Crippen molar-refractivity contribution in [3.63, 3.8) is 0 Å². The molecule has 18 aromatic rings. The molecular weight excluding hydrogens is 1110 g/mol. The second-order valence-corrected chi connectivity index (χ2v) is 24.1. The van der Waals surface area contributed by atoms with E-state index in [1.54, 1.807) is 0 Å². The highest BCUT2D eigenvalue weighted by Gasteiger charge is 2.37. The maximum atomic E-state index is 17.5. The lowest BCUT2D eigenvalue weighted by atomic mass is 9.33. The molecular formula is C84H48B2F4. The van der Waals surface area contributed by atoms with Crippen LogP contribution in [-0.2, 0) is 0 Å². The summed E-state index contributed by atoms with van der Waals surface area (Å²) in [5.41, 5.74) is 6.21. The lowest BCUT2D eigenvalue weighted by molar-refractivity contribution is 0.589.